The topological polar surface area (TPSA) is 17.8 Å². The second kappa shape index (κ2) is 2.90. The molecular weight excluding hydrogens is 222 g/mol. The van der Waals surface area contributed by atoms with Gasteiger partial charge in [-0.15, -0.1) is 0 Å². The zero-order chi connectivity index (χ0) is 12.6. The molecule has 0 bridgehead atoms. The fourth-order valence-electron chi connectivity index (χ4n) is 3.33. The maximum absolute atomic E-state index is 13.8. The Morgan fingerprint density at radius 3 is 2.65 bits per heavy atom. The van der Waals surface area contributed by atoms with Gasteiger partial charge < -0.3 is 0 Å². The van der Waals surface area contributed by atoms with E-state index >= 15 is 0 Å². The Labute approximate surface area is 100 Å². The molecule has 0 radical (unpaired) electrons. The Morgan fingerprint density at radius 2 is 2.06 bits per heavy atom. The fourth-order valence-corrected chi connectivity index (χ4v) is 3.33. The number of hydrogen-bond donors (Lipinski definition) is 0. The second-order valence-electron chi connectivity index (χ2n) is 6.02. The number of aromatic nitrogens is 2. The van der Waals surface area contributed by atoms with Gasteiger partial charge in [0.1, 0.15) is 0 Å². The number of fused-ring (bicyclic) bond motifs is 2. The van der Waals surface area contributed by atoms with E-state index in [4.69, 9.17) is 0 Å². The summed E-state index contributed by atoms with van der Waals surface area (Å²) in [5, 5.41) is 4.50. The summed E-state index contributed by atoms with van der Waals surface area (Å²) < 4.78 is 29.5. The SMILES string of the molecule is Cc1nn(C(C)C)c2c1CC1C(F)(F)C1(C)C2. The van der Waals surface area contributed by atoms with Crippen LogP contribution in [-0.4, -0.2) is 15.7 Å². The summed E-state index contributed by atoms with van der Waals surface area (Å²) in [5.41, 5.74) is 2.21. The van der Waals surface area contributed by atoms with Crippen molar-refractivity contribution >= 4 is 0 Å². The minimum atomic E-state index is -2.49. The third kappa shape index (κ3) is 1.16. The molecule has 1 aromatic rings. The molecule has 0 saturated heterocycles. The highest BCUT2D eigenvalue weighted by molar-refractivity contribution is 5.38. The van der Waals surface area contributed by atoms with Crippen LogP contribution >= 0.6 is 0 Å². The van der Waals surface area contributed by atoms with Crippen LogP contribution in [0.15, 0.2) is 0 Å². The van der Waals surface area contributed by atoms with Gasteiger partial charge in [0.05, 0.1) is 5.69 Å². The molecule has 0 aromatic carbocycles. The largest absolute Gasteiger partial charge is 0.267 e. The monoisotopic (exact) mass is 240 g/mol. The van der Waals surface area contributed by atoms with Crippen molar-refractivity contribution in [3.8, 4) is 0 Å². The standard InChI is InChI=1S/C13H18F2N2/c1-7(2)17-10-6-12(4)11(13(12,14)15)5-9(10)8(3)16-17/h7,11H,5-6H2,1-4H3. The van der Waals surface area contributed by atoms with Gasteiger partial charge in [-0.25, -0.2) is 8.78 Å². The molecule has 2 aliphatic rings. The van der Waals surface area contributed by atoms with Gasteiger partial charge in [-0.3, -0.25) is 4.68 Å². The van der Waals surface area contributed by atoms with Crippen LogP contribution in [0.1, 0.15) is 43.8 Å². The molecule has 1 fully saturated rings. The lowest BCUT2D eigenvalue weighted by Gasteiger charge is -2.19. The number of nitrogens with zero attached hydrogens (tertiary/aromatic N) is 2. The minimum absolute atomic E-state index is 0.241. The van der Waals surface area contributed by atoms with Gasteiger partial charge in [0, 0.05) is 29.5 Å². The summed E-state index contributed by atoms with van der Waals surface area (Å²) in [7, 11) is 0. The number of hydrogen-bond acceptors (Lipinski definition) is 1. The molecule has 0 aliphatic heterocycles. The second-order valence-corrected chi connectivity index (χ2v) is 6.02. The van der Waals surface area contributed by atoms with Crippen molar-refractivity contribution < 1.29 is 8.78 Å². The minimum Gasteiger partial charge on any atom is -0.267 e. The van der Waals surface area contributed by atoms with Crippen LogP contribution in [0.5, 0.6) is 0 Å². The predicted molar refractivity (Wildman–Crippen MR) is 61.3 cm³/mol. The number of halogens is 2. The van der Waals surface area contributed by atoms with Crippen molar-refractivity contribution in [1.82, 2.24) is 9.78 Å². The van der Waals surface area contributed by atoms with E-state index in [1.54, 1.807) is 6.92 Å². The molecule has 2 nitrogen and oxygen atoms in total. The van der Waals surface area contributed by atoms with E-state index in [1.807, 2.05) is 25.5 Å². The maximum Gasteiger partial charge on any atom is 0.258 e. The molecule has 2 aliphatic carbocycles. The fraction of sp³-hybridized carbons (Fsp3) is 0.769. The van der Waals surface area contributed by atoms with E-state index in [-0.39, 0.29) is 6.04 Å². The van der Waals surface area contributed by atoms with Crippen LogP contribution in [0.25, 0.3) is 0 Å². The van der Waals surface area contributed by atoms with Gasteiger partial charge in [-0.1, -0.05) is 6.92 Å². The third-order valence-corrected chi connectivity index (χ3v) is 4.64. The maximum atomic E-state index is 13.8. The van der Waals surface area contributed by atoms with Crippen molar-refractivity contribution in [3.05, 3.63) is 17.0 Å². The van der Waals surface area contributed by atoms with Crippen LogP contribution in [-0.2, 0) is 12.8 Å². The van der Waals surface area contributed by atoms with E-state index < -0.39 is 17.3 Å². The average Bonchev–Trinajstić information content (AvgIpc) is 2.52. The molecule has 0 amide bonds. The molecule has 0 N–H and O–H groups in total. The molecule has 1 saturated carbocycles. The summed E-state index contributed by atoms with van der Waals surface area (Å²) >= 11 is 0. The normalized spacial score (nSPS) is 33.5. The number of rotatable bonds is 1. The first-order chi connectivity index (χ1) is 7.79. The van der Waals surface area contributed by atoms with Gasteiger partial charge in [0.15, 0.2) is 0 Å². The first-order valence-corrected chi connectivity index (χ1v) is 6.23. The highest BCUT2D eigenvalue weighted by Gasteiger charge is 2.78. The number of aryl methyl sites for hydroxylation is 1. The quantitative estimate of drug-likeness (QED) is 0.737. The Kier molecular flexibility index (Phi) is 1.91. The van der Waals surface area contributed by atoms with Crippen molar-refractivity contribution in [2.24, 2.45) is 11.3 Å². The molecular formula is C13H18F2N2. The van der Waals surface area contributed by atoms with E-state index in [2.05, 4.69) is 5.10 Å². The predicted octanol–water partition coefficient (Wildman–Crippen LogP) is 3.14. The first kappa shape index (κ1) is 11.2. The summed E-state index contributed by atoms with van der Waals surface area (Å²) in [5.74, 6) is -2.95. The van der Waals surface area contributed by atoms with E-state index in [9.17, 15) is 8.78 Å². The number of alkyl halides is 2. The van der Waals surface area contributed by atoms with Crippen LogP contribution in [0.3, 0.4) is 0 Å². The van der Waals surface area contributed by atoms with Crippen LogP contribution in [0.2, 0.25) is 0 Å². The zero-order valence-corrected chi connectivity index (χ0v) is 10.7. The Hall–Kier alpha value is -0.930. The lowest BCUT2D eigenvalue weighted by molar-refractivity contribution is 0.0628. The molecule has 94 valence electrons. The lowest BCUT2D eigenvalue weighted by atomic mass is 9.87. The Morgan fingerprint density at radius 1 is 1.41 bits per heavy atom. The van der Waals surface area contributed by atoms with Crippen molar-refractivity contribution in [2.75, 3.05) is 0 Å². The molecule has 0 spiro atoms. The molecule has 1 heterocycles. The highest BCUT2D eigenvalue weighted by atomic mass is 19.3. The lowest BCUT2D eigenvalue weighted by Crippen LogP contribution is -2.19. The van der Waals surface area contributed by atoms with E-state index in [1.165, 1.54) is 0 Å². The Bertz CT molecular complexity index is 490. The van der Waals surface area contributed by atoms with Crippen LogP contribution in [0.4, 0.5) is 8.78 Å². The van der Waals surface area contributed by atoms with E-state index in [0.29, 0.717) is 12.8 Å². The van der Waals surface area contributed by atoms with Crippen LogP contribution in [0, 0.1) is 18.3 Å². The molecule has 4 heteroatoms. The van der Waals surface area contributed by atoms with Gasteiger partial charge in [-0.2, -0.15) is 5.10 Å². The van der Waals surface area contributed by atoms with Gasteiger partial charge in [0.25, 0.3) is 5.92 Å². The molecule has 2 unspecified atom stereocenters. The molecule has 1 aromatic heterocycles. The van der Waals surface area contributed by atoms with Crippen molar-refractivity contribution in [1.29, 1.82) is 0 Å². The molecule has 2 atom stereocenters. The van der Waals surface area contributed by atoms with E-state index in [0.717, 1.165) is 17.0 Å². The highest BCUT2D eigenvalue weighted by Crippen LogP contribution is 2.70. The average molecular weight is 240 g/mol. The van der Waals surface area contributed by atoms with Crippen molar-refractivity contribution in [2.45, 2.75) is 52.5 Å². The van der Waals surface area contributed by atoms with Gasteiger partial charge in [-0.05, 0) is 32.8 Å². The molecule has 3 rings (SSSR count). The van der Waals surface area contributed by atoms with Gasteiger partial charge in [0.2, 0.25) is 0 Å². The van der Waals surface area contributed by atoms with Crippen molar-refractivity contribution in [3.63, 3.8) is 0 Å². The smallest absolute Gasteiger partial charge is 0.258 e. The summed E-state index contributed by atoms with van der Waals surface area (Å²) in [6, 6.07) is 0.241. The third-order valence-electron chi connectivity index (χ3n) is 4.64. The molecule has 17 heavy (non-hydrogen) atoms. The summed E-state index contributed by atoms with van der Waals surface area (Å²) in [6.45, 7) is 7.74. The first-order valence-electron chi connectivity index (χ1n) is 6.23. The Balaban J connectivity index is 2.07. The van der Waals surface area contributed by atoms with Crippen LogP contribution < -0.4 is 0 Å². The summed E-state index contributed by atoms with van der Waals surface area (Å²) in [6.07, 6.45) is 0.969. The zero-order valence-electron chi connectivity index (χ0n) is 10.7. The summed E-state index contributed by atoms with van der Waals surface area (Å²) in [4.78, 5) is 0. The van der Waals surface area contributed by atoms with Gasteiger partial charge >= 0.3 is 0 Å².